The molecular weight excluding hydrogens is 216 g/mol. The first kappa shape index (κ1) is 17.0. The molecule has 4 N–H and O–H groups in total. The van der Waals surface area contributed by atoms with Crippen LogP contribution in [0.15, 0.2) is 12.2 Å². The van der Waals surface area contributed by atoms with Crippen molar-refractivity contribution in [2.24, 2.45) is 0 Å². The molecule has 6 nitrogen and oxygen atoms in total. The minimum atomic E-state index is -1.26. The van der Waals surface area contributed by atoms with Gasteiger partial charge in [-0.05, 0) is 12.8 Å². The van der Waals surface area contributed by atoms with Gasteiger partial charge in [-0.25, -0.2) is 9.59 Å². The molecule has 16 heavy (non-hydrogen) atoms. The van der Waals surface area contributed by atoms with E-state index in [9.17, 15) is 9.59 Å². The Morgan fingerprint density at radius 3 is 1.75 bits per heavy atom. The summed E-state index contributed by atoms with van der Waals surface area (Å²) in [5, 5.41) is 32.3. The minimum Gasteiger partial charge on any atom is -0.478 e. The lowest BCUT2D eigenvalue weighted by Gasteiger charge is -1.99. The molecule has 0 spiro atoms. The van der Waals surface area contributed by atoms with Gasteiger partial charge in [-0.1, -0.05) is 19.8 Å². The molecular formula is C10H18O6. The monoisotopic (exact) mass is 234 g/mol. The van der Waals surface area contributed by atoms with Crippen molar-refractivity contribution in [2.45, 2.75) is 38.9 Å². The molecule has 0 aromatic carbocycles. The zero-order valence-electron chi connectivity index (χ0n) is 9.17. The highest BCUT2D eigenvalue weighted by Crippen LogP contribution is 1.99. The maximum absolute atomic E-state index is 9.55. The van der Waals surface area contributed by atoms with Crippen LogP contribution in [0.1, 0.15) is 32.6 Å². The van der Waals surface area contributed by atoms with Crippen molar-refractivity contribution in [1.82, 2.24) is 0 Å². The second kappa shape index (κ2) is 11.7. The lowest BCUT2D eigenvalue weighted by atomic mass is 10.2. The number of hydrogen-bond donors (Lipinski definition) is 4. The van der Waals surface area contributed by atoms with E-state index in [0.29, 0.717) is 18.6 Å². The second-order valence-electron chi connectivity index (χ2n) is 2.99. The number of carboxylic acid groups (broad SMARTS) is 2. The Morgan fingerprint density at radius 2 is 1.50 bits per heavy atom. The average Bonchev–Trinajstić information content (AvgIpc) is 2.16. The summed E-state index contributed by atoms with van der Waals surface area (Å²) in [5.74, 6) is -2.51. The molecule has 0 aliphatic rings. The number of rotatable bonds is 6. The van der Waals surface area contributed by atoms with E-state index in [-0.39, 0.29) is 0 Å². The smallest absolute Gasteiger partial charge is 0.328 e. The summed E-state index contributed by atoms with van der Waals surface area (Å²) in [7, 11) is 0. The van der Waals surface area contributed by atoms with Crippen molar-refractivity contribution >= 4 is 11.9 Å². The molecule has 0 heterocycles. The van der Waals surface area contributed by atoms with Crippen LogP contribution in [0.4, 0.5) is 0 Å². The van der Waals surface area contributed by atoms with Gasteiger partial charge in [-0.15, -0.1) is 0 Å². The molecule has 0 amide bonds. The van der Waals surface area contributed by atoms with Crippen LogP contribution in [-0.4, -0.2) is 38.7 Å². The van der Waals surface area contributed by atoms with Crippen LogP contribution in [0.25, 0.3) is 0 Å². The molecule has 0 rings (SSSR count). The third-order valence-corrected chi connectivity index (χ3v) is 1.43. The topological polar surface area (TPSA) is 115 Å². The molecule has 0 atom stereocenters. The molecule has 6 heteroatoms. The van der Waals surface area contributed by atoms with Gasteiger partial charge in [0.25, 0.3) is 0 Å². The highest BCUT2D eigenvalue weighted by Gasteiger charge is 1.93. The molecule has 0 radical (unpaired) electrons. The zero-order valence-corrected chi connectivity index (χ0v) is 9.17. The summed E-state index contributed by atoms with van der Waals surface area (Å²) < 4.78 is 0. The van der Waals surface area contributed by atoms with Gasteiger partial charge in [0.15, 0.2) is 6.29 Å². The van der Waals surface area contributed by atoms with Gasteiger partial charge < -0.3 is 20.4 Å². The number of aliphatic hydroxyl groups excluding tert-OH is 1. The molecule has 0 aliphatic heterocycles. The third kappa shape index (κ3) is 22.9. The quantitative estimate of drug-likeness (QED) is 0.304. The summed E-state index contributed by atoms with van der Waals surface area (Å²) in [6.07, 6.45) is 3.69. The molecule has 0 aromatic rings. The van der Waals surface area contributed by atoms with E-state index in [1.807, 2.05) is 0 Å². The molecule has 0 aromatic heterocycles. The first-order chi connectivity index (χ1) is 7.40. The molecule has 0 fully saturated rings. The maximum Gasteiger partial charge on any atom is 0.328 e. The fourth-order valence-corrected chi connectivity index (χ4v) is 0.719. The Hall–Kier alpha value is -1.40. The van der Waals surface area contributed by atoms with Crippen LogP contribution in [0.3, 0.4) is 0 Å². The predicted molar refractivity (Wildman–Crippen MR) is 56.8 cm³/mol. The number of carbonyl (C=O) groups is 2. The highest BCUT2D eigenvalue weighted by atomic mass is 16.5. The van der Waals surface area contributed by atoms with Gasteiger partial charge in [0.1, 0.15) is 0 Å². The zero-order chi connectivity index (χ0) is 13.0. The lowest BCUT2D eigenvalue weighted by molar-refractivity contribution is -0.134. The molecule has 0 bridgehead atoms. The van der Waals surface area contributed by atoms with Gasteiger partial charge in [0, 0.05) is 12.2 Å². The van der Waals surface area contributed by atoms with Gasteiger partial charge in [0.05, 0.1) is 0 Å². The van der Waals surface area contributed by atoms with Crippen LogP contribution < -0.4 is 0 Å². The van der Waals surface area contributed by atoms with Crippen molar-refractivity contribution in [3.63, 3.8) is 0 Å². The van der Waals surface area contributed by atoms with Crippen molar-refractivity contribution in [3.8, 4) is 0 Å². The summed E-state index contributed by atoms with van der Waals surface area (Å²) in [6.45, 7) is 2.09. The standard InChI is InChI=1S/C6H14O2.C4H4O4/c1-2-3-4-5-6(7)8;5-3(6)1-2-4(7)8/h6-8H,2-5H2,1H3;1-2H,(H,5,6)(H,7,8)/b;2-1+. The second-order valence-corrected chi connectivity index (χ2v) is 2.99. The van der Waals surface area contributed by atoms with Crippen molar-refractivity contribution in [1.29, 1.82) is 0 Å². The minimum absolute atomic E-state index is 0.522. The van der Waals surface area contributed by atoms with Crippen molar-refractivity contribution in [3.05, 3.63) is 12.2 Å². The van der Waals surface area contributed by atoms with E-state index in [1.165, 1.54) is 0 Å². The van der Waals surface area contributed by atoms with Crippen LogP contribution in [0.2, 0.25) is 0 Å². The fraction of sp³-hybridized carbons (Fsp3) is 0.600. The summed E-state index contributed by atoms with van der Waals surface area (Å²) in [5.41, 5.74) is 0. The van der Waals surface area contributed by atoms with E-state index in [0.717, 1.165) is 19.3 Å². The van der Waals surface area contributed by atoms with Crippen molar-refractivity contribution < 1.29 is 30.0 Å². The first-order valence-electron chi connectivity index (χ1n) is 4.90. The Labute approximate surface area is 93.8 Å². The van der Waals surface area contributed by atoms with E-state index in [4.69, 9.17) is 20.4 Å². The third-order valence-electron chi connectivity index (χ3n) is 1.43. The average molecular weight is 234 g/mol. The number of hydrogen-bond acceptors (Lipinski definition) is 4. The van der Waals surface area contributed by atoms with Crippen LogP contribution in [-0.2, 0) is 9.59 Å². The van der Waals surface area contributed by atoms with Crippen molar-refractivity contribution in [2.75, 3.05) is 0 Å². The van der Waals surface area contributed by atoms with E-state index in [1.54, 1.807) is 0 Å². The van der Waals surface area contributed by atoms with Gasteiger partial charge in [-0.3, -0.25) is 0 Å². The molecule has 0 aliphatic carbocycles. The summed E-state index contributed by atoms with van der Waals surface area (Å²) >= 11 is 0. The van der Waals surface area contributed by atoms with E-state index < -0.39 is 18.2 Å². The number of unbranched alkanes of at least 4 members (excludes halogenated alkanes) is 2. The van der Waals surface area contributed by atoms with Crippen LogP contribution in [0, 0.1) is 0 Å². The Balaban J connectivity index is 0. The molecule has 0 saturated carbocycles. The van der Waals surface area contributed by atoms with Gasteiger partial charge >= 0.3 is 11.9 Å². The Bertz CT molecular complexity index is 205. The largest absolute Gasteiger partial charge is 0.478 e. The van der Waals surface area contributed by atoms with Crippen LogP contribution >= 0.6 is 0 Å². The predicted octanol–water partition coefficient (Wildman–Crippen LogP) is 0.589. The number of aliphatic carboxylic acids is 2. The maximum atomic E-state index is 9.55. The normalized spacial score (nSPS) is 10.0. The summed E-state index contributed by atoms with van der Waals surface area (Å²) in [4.78, 5) is 19.1. The molecule has 0 unspecified atom stereocenters. The lowest BCUT2D eigenvalue weighted by Crippen LogP contribution is -2.02. The van der Waals surface area contributed by atoms with Crippen LogP contribution in [0.5, 0.6) is 0 Å². The molecule has 0 saturated heterocycles. The SMILES string of the molecule is CCCCCC(O)O.O=C(O)/C=C/C(=O)O. The Kier molecular flexibility index (Phi) is 12.4. The molecule has 94 valence electrons. The first-order valence-corrected chi connectivity index (χ1v) is 4.90. The highest BCUT2D eigenvalue weighted by molar-refractivity contribution is 5.89. The summed E-state index contributed by atoms with van der Waals surface area (Å²) in [6, 6.07) is 0. The van der Waals surface area contributed by atoms with E-state index in [2.05, 4.69) is 6.92 Å². The van der Waals surface area contributed by atoms with E-state index >= 15 is 0 Å². The number of carboxylic acids is 2. The van der Waals surface area contributed by atoms with Gasteiger partial charge in [0.2, 0.25) is 0 Å². The number of aliphatic hydroxyl groups is 2. The fourth-order valence-electron chi connectivity index (χ4n) is 0.719. The van der Waals surface area contributed by atoms with Gasteiger partial charge in [-0.2, -0.15) is 0 Å². The Morgan fingerprint density at radius 1 is 1.06 bits per heavy atom.